The first-order valence-electron chi connectivity index (χ1n) is 5.31. The summed E-state index contributed by atoms with van der Waals surface area (Å²) in [6.07, 6.45) is 0.625. The molecule has 0 bridgehead atoms. The zero-order valence-electron chi connectivity index (χ0n) is 10.5. The van der Waals surface area contributed by atoms with Crippen molar-refractivity contribution >= 4 is 0 Å². The van der Waals surface area contributed by atoms with E-state index in [9.17, 15) is 0 Å². The van der Waals surface area contributed by atoms with Gasteiger partial charge in [-0.2, -0.15) is 0 Å². The van der Waals surface area contributed by atoms with Gasteiger partial charge in [0.2, 0.25) is 0 Å². The van der Waals surface area contributed by atoms with E-state index in [-0.39, 0.29) is 0 Å². The first-order valence-corrected chi connectivity index (χ1v) is 5.31. The van der Waals surface area contributed by atoms with Gasteiger partial charge in [-0.1, -0.05) is 0 Å². The average molecular weight is 241 g/mol. The summed E-state index contributed by atoms with van der Waals surface area (Å²) >= 11 is 0. The third kappa shape index (κ3) is 3.33. The second-order valence-electron chi connectivity index (χ2n) is 3.49. The second kappa shape index (κ2) is 7.11. The van der Waals surface area contributed by atoms with Crippen molar-refractivity contribution in [2.75, 3.05) is 27.9 Å². The number of benzene rings is 1. The van der Waals surface area contributed by atoms with Crippen molar-refractivity contribution in [1.29, 1.82) is 0 Å². The lowest BCUT2D eigenvalue weighted by molar-refractivity contribution is 0.140. The first kappa shape index (κ1) is 13.8. The Labute approximate surface area is 101 Å². The number of hydrogen-bond donors (Lipinski definition) is 1. The smallest absolute Gasteiger partial charge is 0.131 e. The molecular formula is C12H19NO4. The van der Waals surface area contributed by atoms with Gasteiger partial charge in [-0.15, -0.1) is 0 Å². The first-order chi connectivity index (χ1) is 8.28. The van der Waals surface area contributed by atoms with Gasteiger partial charge in [0.25, 0.3) is 0 Å². The maximum atomic E-state index is 5.41. The third-order valence-corrected chi connectivity index (χ3v) is 2.49. The summed E-state index contributed by atoms with van der Waals surface area (Å²) < 4.78 is 15.8. The molecule has 0 heterocycles. The van der Waals surface area contributed by atoms with Crippen molar-refractivity contribution < 1.29 is 19.0 Å². The molecule has 0 aliphatic carbocycles. The van der Waals surface area contributed by atoms with Crippen molar-refractivity contribution in [3.05, 3.63) is 23.3 Å². The molecule has 0 atom stereocenters. The Morgan fingerprint density at radius 1 is 1.12 bits per heavy atom. The lowest BCUT2D eigenvalue weighted by Crippen LogP contribution is -2.07. The summed E-state index contributed by atoms with van der Waals surface area (Å²) in [5, 5.41) is 0. The molecule has 17 heavy (non-hydrogen) atoms. The molecule has 0 saturated carbocycles. The van der Waals surface area contributed by atoms with Gasteiger partial charge in [0.15, 0.2) is 0 Å². The predicted octanol–water partition coefficient (Wildman–Crippen LogP) is 1.28. The van der Waals surface area contributed by atoms with Crippen molar-refractivity contribution in [2.24, 2.45) is 5.90 Å². The summed E-state index contributed by atoms with van der Waals surface area (Å²) in [6, 6.07) is 3.82. The molecule has 0 aliphatic heterocycles. The van der Waals surface area contributed by atoms with E-state index in [1.165, 1.54) is 0 Å². The number of rotatable bonds is 7. The average Bonchev–Trinajstić information content (AvgIpc) is 2.36. The summed E-state index contributed by atoms with van der Waals surface area (Å²) in [5.41, 5.74) is 1.91. The van der Waals surface area contributed by atoms with E-state index in [1.807, 2.05) is 12.1 Å². The standard InChI is InChI=1S/C12H19NO4/c1-14-8-9-4-5-11(15-2)10(6-7-17-13)12(9)16-3/h4-5H,6-8,13H2,1-3H3. The fraction of sp³-hybridized carbons (Fsp3) is 0.500. The highest BCUT2D eigenvalue weighted by atomic mass is 16.6. The zero-order valence-corrected chi connectivity index (χ0v) is 10.5. The van der Waals surface area contributed by atoms with E-state index in [2.05, 4.69) is 4.84 Å². The minimum absolute atomic E-state index is 0.406. The largest absolute Gasteiger partial charge is 0.496 e. The van der Waals surface area contributed by atoms with Crippen LogP contribution in [0, 0.1) is 0 Å². The molecule has 0 radical (unpaired) electrons. The Bertz CT molecular complexity index is 355. The van der Waals surface area contributed by atoms with E-state index in [4.69, 9.17) is 20.1 Å². The number of methoxy groups -OCH3 is 3. The van der Waals surface area contributed by atoms with Gasteiger partial charge in [-0.05, 0) is 12.1 Å². The van der Waals surface area contributed by atoms with Crippen LogP contribution in [0.25, 0.3) is 0 Å². The van der Waals surface area contributed by atoms with Crippen LogP contribution in [0.15, 0.2) is 12.1 Å². The van der Waals surface area contributed by atoms with Crippen molar-refractivity contribution in [1.82, 2.24) is 0 Å². The normalized spacial score (nSPS) is 10.4. The highest BCUT2D eigenvalue weighted by Crippen LogP contribution is 2.33. The molecule has 1 aromatic carbocycles. The third-order valence-electron chi connectivity index (χ3n) is 2.49. The van der Waals surface area contributed by atoms with E-state index in [1.54, 1.807) is 21.3 Å². The molecule has 96 valence electrons. The lowest BCUT2D eigenvalue weighted by Gasteiger charge is -2.16. The molecule has 0 aromatic heterocycles. The summed E-state index contributed by atoms with van der Waals surface area (Å²) in [6.45, 7) is 0.896. The molecule has 1 aromatic rings. The quantitative estimate of drug-likeness (QED) is 0.729. The maximum Gasteiger partial charge on any atom is 0.131 e. The SMILES string of the molecule is COCc1ccc(OC)c(CCON)c1OC. The minimum atomic E-state index is 0.406. The Kier molecular flexibility index (Phi) is 5.76. The molecule has 0 unspecified atom stereocenters. The van der Waals surface area contributed by atoms with Crippen molar-refractivity contribution in [3.63, 3.8) is 0 Å². The van der Waals surface area contributed by atoms with Crippen LogP contribution in [0.3, 0.4) is 0 Å². The number of hydrogen-bond acceptors (Lipinski definition) is 5. The number of ether oxygens (including phenoxy) is 3. The Hall–Kier alpha value is -1.30. The molecule has 5 heteroatoms. The Morgan fingerprint density at radius 2 is 1.88 bits per heavy atom. The van der Waals surface area contributed by atoms with E-state index in [0.29, 0.717) is 19.6 Å². The van der Waals surface area contributed by atoms with Gasteiger partial charge >= 0.3 is 0 Å². The summed E-state index contributed by atoms with van der Waals surface area (Å²) in [7, 11) is 4.89. The van der Waals surface area contributed by atoms with Gasteiger partial charge < -0.3 is 19.0 Å². The summed E-state index contributed by atoms with van der Waals surface area (Å²) in [4.78, 5) is 4.60. The topological polar surface area (TPSA) is 62.9 Å². The van der Waals surface area contributed by atoms with Gasteiger partial charge in [0.1, 0.15) is 11.5 Å². The minimum Gasteiger partial charge on any atom is -0.496 e. The fourth-order valence-corrected chi connectivity index (χ4v) is 1.77. The molecule has 0 saturated heterocycles. The van der Waals surface area contributed by atoms with Crippen LogP contribution in [0.2, 0.25) is 0 Å². The van der Waals surface area contributed by atoms with Crippen molar-refractivity contribution in [2.45, 2.75) is 13.0 Å². The maximum absolute atomic E-state index is 5.41. The molecule has 5 nitrogen and oxygen atoms in total. The van der Waals surface area contributed by atoms with Crippen molar-refractivity contribution in [3.8, 4) is 11.5 Å². The highest BCUT2D eigenvalue weighted by molar-refractivity contribution is 5.50. The molecule has 0 aliphatic rings. The monoisotopic (exact) mass is 241 g/mol. The van der Waals surface area contributed by atoms with Crippen LogP contribution in [-0.2, 0) is 22.6 Å². The summed E-state index contributed by atoms with van der Waals surface area (Å²) in [5.74, 6) is 6.58. The van der Waals surface area contributed by atoms with Gasteiger partial charge in [0, 0.05) is 24.7 Å². The van der Waals surface area contributed by atoms with Crippen LogP contribution in [0.5, 0.6) is 11.5 Å². The lowest BCUT2D eigenvalue weighted by atomic mass is 10.1. The fourth-order valence-electron chi connectivity index (χ4n) is 1.77. The Morgan fingerprint density at radius 3 is 2.41 bits per heavy atom. The Balaban J connectivity index is 3.12. The van der Waals surface area contributed by atoms with E-state index >= 15 is 0 Å². The van der Waals surface area contributed by atoms with Crippen LogP contribution >= 0.6 is 0 Å². The molecular weight excluding hydrogens is 222 g/mol. The van der Waals surface area contributed by atoms with Crippen LogP contribution in [0.1, 0.15) is 11.1 Å². The van der Waals surface area contributed by atoms with Gasteiger partial charge in [-0.25, -0.2) is 5.90 Å². The van der Waals surface area contributed by atoms with Gasteiger partial charge in [-0.3, -0.25) is 0 Å². The second-order valence-corrected chi connectivity index (χ2v) is 3.49. The van der Waals surface area contributed by atoms with E-state index in [0.717, 1.165) is 22.6 Å². The van der Waals surface area contributed by atoms with Crippen LogP contribution in [-0.4, -0.2) is 27.9 Å². The molecule has 0 amide bonds. The highest BCUT2D eigenvalue weighted by Gasteiger charge is 2.14. The van der Waals surface area contributed by atoms with Crippen LogP contribution in [0.4, 0.5) is 0 Å². The molecule has 0 fully saturated rings. The number of nitrogens with two attached hydrogens (primary N) is 1. The molecule has 1 rings (SSSR count). The van der Waals surface area contributed by atoms with Crippen LogP contribution < -0.4 is 15.4 Å². The van der Waals surface area contributed by atoms with E-state index < -0.39 is 0 Å². The molecule has 0 spiro atoms. The molecule has 2 N–H and O–H groups in total. The van der Waals surface area contributed by atoms with Gasteiger partial charge in [0.05, 0.1) is 27.4 Å². The zero-order chi connectivity index (χ0) is 12.7. The predicted molar refractivity (Wildman–Crippen MR) is 64.1 cm³/mol.